The summed E-state index contributed by atoms with van der Waals surface area (Å²) in [4.78, 5) is 0. The average molecular weight is 246 g/mol. The summed E-state index contributed by atoms with van der Waals surface area (Å²) in [5.74, 6) is -0.176. The molecule has 0 unspecified atom stereocenters. The van der Waals surface area contributed by atoms with E-state index in [-0.39, 0.29) is 24.3 Å². The fourth-order valence-electron chi connectivity index (χ4n) is 1.72. The molecular weight excluding hydrogens is 225 g/mol. The molecule has 0 radical (unpaired) electrons. The van der Waals surface area contributed by atoms with Crippen molar-refractivity contribution in [3.8, 4) is 0 Å². The molecule has 0 saturated carbocycles. The minimum absolute atomic E-state index is 0. The van der Waals surface area contributed by atoms with E-state index in [0.29, 0.717) is 5.56 Å². The third kappa shape index (κ3) is 4.50. The second-order valence-corrected chi connectivity index (χ2v) is 4.13. The molecule has 2 N–H and O–H groups in total. The molecule has 1 atom stereocenters. The van der Waals surface area contributed by atoms with Crippen LogP contribution in [0.1, 0.15) is 49.8 Å². The van der Waals surface area contributed by atoms with Crippen LogP contribution in [0.5, 0.6) is 0 Å². The van der Waals surface area contributed by atoms with E-state index in [9.17, 15) is 4.39 Å². The lowest BCUT2D eigenvalue weighted by atomic mass is 9.99. The van der Waals surface area contributed by atoms with Gasteiger partial charge in [0.05, 0.1) is 0 Å². The summed E-state index contributed by atoms with van der Waals surface area (Å²) in [6.45, 7) is 4.11. The maximum Gasteiger partial charge on any atom is 0.127 e. The van der Waals surface area contributed by atoms with Gasteiger partial charge in [-0.2, -0.15) is 0 Å². The molecule has 0 amide bonds. The van der Waals surface area contributed by atoms with Crippen molar-refractivity contribution in [3.05, 3.63) is 35.1 Å². The molecule has 0 aliphatic heterocycles. The molecule has 0 aliphatic rings. The summed E-state index contributed by atoms with van der Waals surface area (Å²) >= 11 is 0. The normalized spacial score (nSPS) is 12.0. The molecule has 3 heteroatoms. The Labute approximate surface area is 104 Å². The number of rotatable bonds is 5. The van der Waals surface area contributed by atoms with E-state index in [1.807, 2.05) is 13.0 Å². The van der Waals surface area contributed by atoms with Crippen LogP contribution in [-0.2, 0) is 0 Å². The van der Waals surface area contributed by atoms with Gasteiger partial charge in [-0.1, -0.05) is 43.9 Å². The first-order valence-electron chi connectivity index (χ1n) is 5.66. The van der Waals surface area contributed by atoms with Crippen molar-refractivity contribution in [3.63, 3.8) is 0 Å². The fraction of sp³-hybridized carbons (Fsp3) is 0.538. The van der Waals surface area contributed by atoms with E-state index in [4.69, 9.17) is 5.73 Å². The van der Waals surface area contributed by atoms with Crippen LogP contribution in [0.3, 0.4) is 0 Å². The first-order valence-corrected chi connectivity index (χ1v) is 5.66. The number of halogens is 2. The number of hydrogen-bond donors (Lipinski definition) is 1. The van der Waals surface area contributed by atoms with Crippen LogP contribution in [0.4, 0.5) is 4.39 Å². The zero-order valence-electron chi connectivity index (χ0n) is 10.0. The fourth-order valence-corrected chi connectivity index (χ4v) is 1.72. The van der Waals surface area contributed by atoms with Gasteiger partial charge in [-0.25, -0.2) is 4.39 Å². The summed E-state index contributed by atoms with van der Waals surface area (Å²) in [7, 11) is 0. The lowest BCUT2D eigenvalue weighted by molar-refractivity contribution is 0.538. The van der Waals surface area contributed by atoms with Crippen LogP contribution in [0.15, 0.2) is 18.2 Å². The van der Waals surface area contributed by atoms with Crippen LogP contribution in [0.2, 0.25) is 0 Å². The van der Waals surface area contributed by atoms with E-state index in [1.165, 1.54) is 18.9 Å². The summed E-state index contributed by atoms with van der Waals surface area (Å²) in [5, 5.41) is 0. The zero-order valence-corrected chi connectivity index (χ0v) is 10.8. The van der Waals surface area contributed by atoms with Gasteiger partial charge in [0.25, 0.3) is 0 Å². The SMILES string of the molecule is CCCCC[C@@H](N)c1cc(C)ccc1F.Cl. The highest BCUT2D eigenvalue weighted by molar-refractivity contribution is 5.85. The topological polar surface area (TPSA) is 26.0 Å². The van der Waals surface area contributed by atoms with Gasteiger partial charge in [0, 0.05) is 11.6 Å². The van der Waals surface area contributed by atoms with Crippen LogP contribution in [0.25, 0.3) is 0 Å². The van der Waals surface area contributed by atoms with Crippen molar-refractivity contribution in [2.45, 2.75) is 45.6 Å². The molecule has 0 saturated heterocycles. The largest absolute Gasteiger partial charge is 0.324 e. The van der Waals surface area contributed by atoms with E-state index in [1.54, 1.807) is 6.07 Å². The van der Waals surface area contributed by atoms with Crippen LogP contribution >= 0.6 is 12.4 Å². The van der Waals surface area contributed by atoms with Gasteiger partial charge in [0.1, 0.15) is 5.82 Å². The Kier molecular flexibility index (Phi) is 7.35. The van der Waals surface area contributed by atoms with E-state index in [0.717, 1.165) is 18.4 Å². The number of benzene rings is 1. The first-order chi connectivity index (χ1) is 7.15. The predicted molar refractivity (Wildman–Crippen MR) is 69.5 cm³/mol. The molecule has 1 aromatic rings. The van der Waals surface area contributed by atoms with Crippen LogP contribution < -0.4 is 5.73 Å². The van der Waals surface area contributed by atoms with Crippen LogP contribution in [-0.4, -0.2) is 0 Å². The molecule has 0 aromatic heterocycles. The van der Waals surface area contributed by atoms with Crippen molar-refractivity contribution < 1.29 is 4.39 Å². The highest BCUT2D eigenvalue weighted by atomic mass is 35.5. The lowest BCUT2D eigenvalue weighted by Crippen LogP contribution is -2.12. The van der Waals surface area contributed by atoms with Crippen molar-refractivity contribution in [2.75, 3.05) is 0 Å². The second kappa shape index (κ2) is 7.64. The van der Waals surface area contributed by atoms with Gasteiger partial charge in [-0.15, -0.1) is 12.4 Å². The zero-order chi connectivity index (χ0) is 11.3. The van der Waals surface area contributed by atoms with E-state index < -0.39 is 0 Å². The lowest BCUT2D eigenvalue weighted by Gasteiger charge is -2.13. The molecule has 16 heavy (non-hydrogen) atoms. The Morgan fingerprint density at radius 3 is 2.62 bits per heavy atom. The molecule has 0 aliphatic carbocycles. The molecule has 1 aromatic carbocycles. The maximum atomic E-state index is 13.4. The highest BCUT2D eigenvalue weighted by Gasteiger charge is 2.10. The molecule has 0 spiro atoms. The van der Waals surface area contributed by atoms with Crippen molar-refractivity contribution in [1.29, 1.82) is 0 Å². The number of unbranched alkanes of at least 4 members (excludes halogenated alkanes) is 2. The standard InChI is InChI=1S/C13H20FN.ClH/c1-3-4-5-6-13(15)11-9-10(2)7-8-12(11)14;/h7-9,13H,3-6,15H2,1-2H3;1H/t13-;/m1./s1. The smallest absolute Gasteiger partial charge is 0.127 e. The molecule has 92 valence electrons. The maximum absolute atomic E-state index is 13.4. The van der Waals surface area contributed by atoms with Crippen molar-refractivity contribution in [2.24, 2.45) is 5.73 Å². The third-order valence-corrected chi connectivity index (χ3v) is 2.67. The first kappa shape index (κ1) is 15.4. The average Bonchev–Trinajstić information content (AvgIpc) is 2.22. The second-order valence-electron chi connectivity index (χ2n) is 4.13. The monoisotopic (exact) mass is 245 g/mol. The summed E-state index contributed by atoms with van der Waals surface area (Å²) in [5.41, 5.74) is 7.69. The van der Waals surface area contributed by atoms with Gasteiger partial charge in [-0.3, -0.25) is 0 Å². The molecular formula is C13H21ClFN. The third-order valence-electron chi connectivity index (χ3n) is 2.67. The quantitative estimate of drug-likeness (QED) is 0.776. The van der Waals surface area contributed by atoms with Gasteiger partial charge < -0.3 is 5.73 Å². The minimum atomic E-state index is -0.176. The Morgan fingerprint density at radius 2 is 2.00 bits per heavy atom. The predicted octanol–water partition coefficient (Wildman–Crippen LogP) is 4.14. The van der Waals surface area contributed by atoms with Gasteiger partial charge >= 0.3 is 0 Å². The molecule has 0 fully saturated rings. The van der Waals surface area contributed by atoms with Crippen LogP contribution in [0, 0.1) is 12.7 Å². The number of hydrogen-bond acceptors (Lipinski definition) is 1. The van der Waals surface area contributed by atoms with E-state index >= 15 is 0 Å². The number of aryl methyl sites for hydroxylation is 1. The molecule has 1 nitrogen and oxygen atoms in total. The highest BCUT2D eigenvalue weighted by Crippen LogP contribution is 2.21. The number of nitrogens with two attached hydrogens (primary N) is 1. The summed E-state index contributed by atoms with van der Waals surface area (Å²) in [6.07, 6.45) is 4.28. The Balaban J connectivity index is 0.00000225. The van der Waals surface area contributed by atoms with Gasteiger partial charge in [0.15, 0.2) is 0 Å². The van der Waals surface area contributed by atoms with Gasteiger partial charge in [-0.05, 0) is 19.4 Å². The molecule has 0 bridgehead atoms. The minimum Gasteiger partial charge on any atom is -0.324 e. The van der Waals surface area contributed by atoms with E-state index in [2.05, 4.69) is 6.92 Å². The Hall–Kier alpha value is -0.600. The van der Waals surface area contributed by atoms with Crippen molar-refractivity contribution >= 4 is 12.4 Å². The van der Waals surface area contributed by atoms with Crippen molar-refractivity contribution in [1.82, 2.24) is 0 Å². The summed E-state index contributed by atoms with van der Waals surface area (Å²) < 4.78 is 13.4. The Bertz CT molecular complexity index is 315. The molecule has 1 rings (SSSR count). The Morgan fingerprint density at radius 1 is 1.31 bits per heavy atom. The van der Waals surface area contributed by atoms with Gasteiger partial charge in [0.2, 0.25) is 0 Å². The summed E-state index contributed by atoms with van der Waals surface area (Å²) in [6, 6.07) is 4.98. The molecule has 0 heterocycles.